The molecule has 9 unspecified atom stereocenters. The minimum Gasteiger partial charge on any atom is -0.462 e. The maximum Gasteiger partial charge on any atom is 0.335 e. The highest BCUT2D eigenvalue weighted by molar-refractivity contribution is 5.94. The van der Waals surface area contributed by atoms with Crippen LogP contribution in [0.1, 0.15) is 106 Å². The van der Waals surface area contributed by atoms with Crippen molar-refractivity contribution in [2.24, 2.45) is 39.4 Å². The zero-order chi connectivity index (χ0) is 24.0. The van der Waals surface area contributed by atoms with Crippen molar-refractivity contribution in [2.75, 3.05) is 0 Å². The van der Waals surface area contributed by atoms with Crippen LogP contribution in [0.3, 0.4) is 0 Å². The van der Waals surface area contributed by atoms with E-state index in [0.717, 1.165) is 36.3 Å². The summed E-state index contributed by atoms with van der Waals surface area (Å²) in [4.78, 5) is 25.5. The fourth-order valence-electron chi connectivity index (χ4n) is 10.4. The lowest BCUT2D eigenvalue weighted by Crippen LogP contribution is -2.66. The van der Waals surface area contributed by atoms with Gasteiger partial charge < -0.3 is 9.47 Å². The molecule has 33 heavy (non-hydrogen) atoms. The maximum absolute atomic E-state index is 13.2. The van der Waals surface area contributed by atoms with Crippen LogP contribution in [0.5, 0.6) is 0 Å². The van der Waals surface area contributed by atoms with E-state index in [1.165, 1.54) is 45.4 Å². The SMILES string of the molecule is CCC1(C)CCCC2(C)C1CCC1(C)C2CC(OC(C)=O)C2(C)C3=C(CCC12)C(C)OC3=O. The van der Waals surface area contributed by atoms with Crippen LogP contribution in [0.25, 0.3) is 0 Å². The molecule has 1 heterocycles. The summed E-state index contributed by atoms with van der Waals surface area (Å²) in [6.45, 7) is 15.8. The van der Waals surface area contributed by atoms with Gasteiger partial charge in [0.2, 0.25) is 0 Å². The fraction of sp³-hybridized carbons (Fsp3) is 0.862. The Balaban J connectivity index is 1.64. The van der Waals surface area contributed by atoms with Crippen LogP contribution in [0, 0.1) is 39.4 Å². The number of hydrogen-bond acceptors (Lipinski definition) is 4. The smallest absolute Gasteiger partial charge is 0.335 e. The molecule has 0 amide bonds. The Labute approximate surface area is 200 Å². The van der Waals surface area contributed by atoms with Gasteiger partial charge in [0.1, 0.15) is 12.2 Å². The minimum absolute atomic E-state index is 0.146. The molecule has 4 heteroatoms. The van der Waals surface area contributed by atoms with Crippen molar-refractivity contribution in [3.63, 3.8) is 0 Å². The fourth-order valence-corrected chi connectivity index (χ4v) is 10.4. The molecule has 0 radical (unpaired) electrons. The number of carbonyl (C=O) groups excluding carboxylic acids is 2. The minimum atomic E-state index is -0.460. The summed E-state index contributed by atoms with van der Waals surface area (Å²) in [5, 5.41) is 0. The van der Waals surface area contributed by atoms with E-state index in [0.29, 0.717) is 17.3 Å². The Morgan fingerprint density at radius 1 is 1.03 bits per heavy atom. The van der Waals surface area contributed by atoms with Crippen molar-refractivity contribution in [3.05, 3.63) is 11.1 Å². The molecule has 3 saturated carbocycles. The summed E-state index contributed by atoms with van der Waals surface area (Å²) in [6, 6.07) is 0. The van der Waals surface area contributed by atoms with Crippen molar-refractivity contribution in [3.8, 4) is 0 Å². The zero-order valence-corrected chi connectivity index (χ0v) is 21.9. The van der Waals surface area contributed by atoms with Crippen LogP contribution < -0.4 is 0 Å². The second-order valence-corrected chi connectivity index (χ2v) is 13.2. The molecule has 5 rings (SSSR count). The monoisotopic (exact) mass is 456 g/mol. The van der Waals surface area contributed by atoms with E-state index < -0.39 is 5.41 Å². The summed E-state index contributed by atoms with van der Waals surface area (Å²) in [5.74, 6) is 1.17. The summed E-state index contributed by atoms with van der Waals surface area (Å²) < 4.78 is 11.9. The van der Waals surface area contributed by atoms with Crippen LogP contribution in [0.4, 0.5) is 0 Å². The van der Waals surface area contributed by atoms with Gasteiger partial charge in [-0.3, -0.25) is 4.79 Å². The largest absolute Gasteiger partial charge is 0.462 e. The van der Waals surface area contributed by atoms with E-state index in [9.17, 15) is 9.59 Å². The predicted octanol–water partition coefficient (Wildman–Crippen LogP) is 6.62. The van der Waals surface area contributed by atoms with Gasteiger partial charge >= 0.3 is 11.9 Å². The molecule has 3 fully saturated rings. The number of cyclic esters (lactones) is 1. The van der Waals surface area contributed by atoms with Crippen molar-refractivity contribution in [1.82, 2.24) is 0 Å². The second-order valence-electron chi connectivity index (χ2n) is 13.2. The van der Waals surface area contributed by atoms with Crippen LogP contribution in [0.15, 0.2) is 11.1 Å². The van der Waals surface area contributed by atoms with Gasteiger partial charge in [-0.15, -0.1) is 0 Å². The topological polar surface area (TPSA) is 52.6 Å². The van der Waals surface area contributed by atoms with E-state index >= 15 is 0 Å². The summed E-state index contributed by atoms with van der Waals surface area (Å²) >= 11 is 0. The molecule has 1 aliphatic heterocycles. The molecule has 4 aliphatic carbocycles. The van der Waals surface area contributed by atoms with Gasteiger partial charge in [-0.05, 0) is 91.4 Å². The first-order chi connectivity index (χ1) is 15.4. The van der Waals surface area contributed by atoms with Crippen LogP contribution >= 0.6 is 0 Å². The highest BCUT2D eigenvalue weighted by atomic mass is 16.6. The van der Waals surface area contributed by atoms with E-state index in [4.69, 9.17) is 9.47 Å². The van der Waals surface area contributed by atoms with Crippen molar-refractivity contribution in [2.45, 2.75) is 118 Å². The number of fused-ring (bicyclic) bond motifs is 6. The molecule has 184 valence electrons. The van der Waals surface area contributed by atoms with Gasteiger partial charge in [-0.2, -0.15) is 0 Å². The molecule has 0 spiro atoms. The van der Waals surface area contributed by atoms with Crippen LogP contribution in [-0.4, -0.2) is 24.1 Å². The third kappa shape index (κ3) is 2.94. The third-order valence-corrected chi connectivity index (χ3v) is 12.0. The average Bonchev–Trinajstić information content (AvgIpc) is 3.03. The molecular formula is C29H44O4. The number of esters is 2. The molecule has 0 saturated heterocycles. The number of hydrogen-bond donors (Lipinski definition) is 0. The van der Waals surface area contributed by atoms with E-state index in [-0.39, 0.29) is 35.0 Å². The zero-order valence-electron chi connectivity index (χ0n) is 21.9. The molecular weight excluding hydrogens is 412 g/mol. The molecule has 0 bridgehead atoms. The lowest BCUT2D eigenvalue weighted by atomic mass is 9.35. The molecule has 4 nitrogen and oxygen atoms in total. The first-order valence-corrected chi connectivity index (χ1v) is 13.5. The second kappa shape index (κ2) is 7.34. The first-order valence-electron chi connectivity index (χ1n) is 13.5. The number of carbonyl (C=O) groups is 2. The van der Waals surface area contributed by atoms with Gasteiger partial charge in [0.25, 0.3) is 0 Å². The van der Waals surface area contributed by atoms with Gasteiger partial charge in [0, 0.05) is 17.9 Å². The van der Waals surface area contributed by atoms with Crippen molar-refractivity contribution < 1.29 is 19.1 Å². The van der Waals surface area contributed by atoms with E-state index in [1.807, 2.05) is 6.92 Å². The maximum atomic E-state index is 13.2. The highest BCUT2D eigenvalue weighted by Gasteiger charge is 2.70. The number of ether oxygens (including phenoxy) is 2. The summed E-state index contributed by atoms with van der Waals surface area (Å²) in [6.07, 6.45) is 10.1. The lowest BCUT2D eigenvalue weighted by Gasteiger charge is -2.70. The normalized spacial score (nSPS) is 51.1. The van der Waals surface area contributed by atoms with Gasteiger partial charge in [-0.1, -0.05) is 47.5 Å². The van der Waals surface area contributed by atoms with Crippen molar-refractivity contribution >= 4 is 11.9 Å². The lowest BCUT2D eigenvalue weighted by molar-refractivity contribution is -0.227. The predicted molar refractivity (Wildman–Crippen MR) is 128 cm³/mol. The Kier molecular flexibility index (Phi) is 5.21. The molecule has 0 aromatic rings. The molecule has 0 aromatic carbocycles. The van der Waals surface area contributed by atoms with Crippen molar-refractivity contribution in [1.29, 1.82) is 0 Å². The average molecular weight is 457 g/mol. The van der Waals surface area contributed by atoms with Crippen LogP contribution in [0.2, 0.25) is 0 Å². The van der Waals surface area contributed by atoms with Gasteiger partial charge in [-0.25, -0.2) is 4.79 Å². The summed E-state index contributed by atoms with van der Waals surface area (Å²) in [5.41, 5.74) is 2.36. The molecule has 5 aliphatic rings. The summed E-state index contributed by atoms with van der Waals surface area (Å²) in [7, 11) is 0. The Hall–Kier alpha value is -1.32. The standard InChI is InChI=1S/C29H44O4/c1-8-26(4)13-9-14-27(5)20(26)12-15-28(6)21-11-10-19-17(2)32-25(31)24(19)29(21,7)23(16-22(27)28)33-18(3)30/h17,20-23H,8-16H2,1-7H3. The Bertz CT molecular complexity index is 905. The van der Waals surface area contributed by atoms with Gasteiger partial charge in [0.15, 0.2) is 0 Å². The van der Waals surface area contributed by atoms with E-state index in [2.05, 4.69) is 34.6 Å². The van der Waals surface area contributed by atoms with Crippen LogP contribution in [-0.2, 0) is 19.1 Å². The molecule has 9 atom stereocenters. The Morgan fingerprint density at radius 2 is 1.73 bits per heavy atom. The molecule has 0 N–H and O–H groups in total. The Morgan fingerprint density at radius 3 is 2.39 bits per heavy atom. The quantitative estimate of drug-likeness (QED) is 0.438. The number of rotatable bonds is 2. The third-order valence-electron chi connectivity index (χ3n) is 12.0. The first kappa shape index (κ1) is 23.4. The van der Waals surface area contributed by atoms with E-state index in [1.54, 1.807) is 0 Å². The molecule has 0 aromatic heterocycles. The van der Waals surface area contributed by atoms with Gasteiger partial charge in [0.05, 0.1) is 0 Å². The highest BCUT2D eigenvalue weighted by Crippen LogP contribution is 2.74.